The van der Waals surface area contributed by atoms with Gasteiger partial charge in [-0.05, 0) is 0 Å². The number of nitrogens with zero attached hydrogens (tertiary/aromatic N) is 4. The zero-order valence-electron chi connectivity index (χ0n) is 8.31. The lowest BCUT2D eigenvalue weighted by Gasteiger charge is -2.26. The van der Waals surface area contributed by atoms with E-state index in [4.69, 9.17) is 4.74 Å². The summed E-state index contributed by atoms with van der Waals surface area (Å²) in [6.45, 7) is 5.29. The number of ether oxygens (including phenoxy) is 1. The fourth-order valence-corrected chi connectivity index (χ4v) is 1.41. The summed E-state index contributed by atoms with van der Waals surface area (Å²) in [5.74, 6) is 1.63. The van der Waals surface area contributed by atoms with Crippen LogP contribution in [0.15, 0.2) is 6.33 Å². The molecule has 5 heteroatoms. The van der Waals surface area contributed by atoms with Crippen LogP contribution in [0.5, 0.6) is 0 Å². The number of aryl methyl sites for hydroxylation is 1. The average molecular weight is 194 g/mol. The molecule has 1 aromatic heterocycles. The average Bonchev–Trinajstić information content (AvgIpc) is 2.30. The predicted molar refractivity (Wildman–Crippen MR) is 52.2 cm³/mol. The van der Waals surface area contributed by atoms with Crippen LogP contribution in [-0.4, -0.2) is 41.3 Å². The molecule has 0 aromatic carbocycles. The Bertz CT molecular complexity index is 299. The molecule has 14 heavy (non-hydrogen) atoms. The van der Waals surface area contributed by atoms with Gasteiger partial charge in [-0.2, -0.15) is 4.98 Å². The first kappa shape index (κ1) is 9.33. The molecule has 0 spiro atoms. The van der Waals surface area contributed by atoms with Crippen LogP contribution in [0.4, 0.5) is 5.95 Å². The molecular weight excluding hydrogens is 180 g/mol. The number of anilines is 1. The third kappa shape index (κ3) is 1.98. The summed E-state index contributed by atoms with van der Waals surface area (Å²) in [4.78, 5) is 14.7. The van der Waals surface area contributed by atoms with Gasteiger partial charge in [0.15, 0.2) is 0 Å². The van der Waals surface area contributed by atoms with Crippen molar-refractivity contribution in [3.05, 3.63) is 12.2 Å². The van der Waals surface area contributed by atoms with Gasteiger partial charge >= 0.3 is 0 Å². The van der Waals surface area contributed by atoms with Crippen molar-refractivity contribution in [3.63, 3.8) is 0 Å². The molecule has 0 saturated carbocycles. The molecule has 1 fully saturated rings. The van der Waals surface area contributed by atoms with Gasteiger partial charge in [0.1, 0.15) is 12.2 Å². The molecule has 1 aliphatic rings. The Kier molecular flexibility index (Phi) is 2.88. The second-order valence-corrected chi connectivity index (χ2v) is 3.15. The van der Waals surface area contributed by atoms with Crippen LogP contribution >= 0.6 is 0 Å². The van der Waals surface area contributed by atoms with Gasteiger partial charge in [-0.15, -0.1) is 0 Å². The Morgan fingerprint density at radius 2 is 2.14 bits per heavy atom. The normalized spacial score (nSPS) is 17.1. The minimum Gasteiger partial charge on any atom is -0.378 e. The van der Waals surface area contributed by atoms with Crippen LogP contribution in [-0.2, 0) is 11.2 Å². The van der Waals surface area contributed by atoms with Crippen LogP contribution in [0, 0.1) is 0 Å². The van der Waals surface area contributed by atoms with E-state index < -0.39 is 0 Å². The molecule has 1 aliphatic heterocycles. The van der Waals surface area contributed by atoms with Crippen molar-refractivity contribution < 1.29 is 4.74 Å². The van der Waals surface area contributed by atoms with Crippen LogP contribution in [0.2, 0.25) is 0 Å². The van der Waals surface area contributed by atoms with E-state index in [1.165, 1.54) is 0 Å². The van der Waals surface area contributed by atoms with Crippen molar-refractivity contribution in [2.45, 2.75) is 13.3 Å². The molecule has 76 valence electrons. The van der Waals surface area contributed by atoms with Crippen LogP contribution < -0.4 is 4.90 Å². The maximum absolute atomic E-state index is 5.26. The van der Waals surface area contributed by atoms with Crippen LogP contribution in [0.3, 0.4) is 0 Å². The number of aromatic nitrogens is 3. The molecule has 1 aromatic rings. The molecule has 0 aliphatic carbocycles. The van der Waals surface area contributed by atoms with E-state index in [0.29, 0.717) is 0 Å². The highest BCUT2D eigenvalue weighted by Gasteiger charge is 2.13. The topological polar surface area (TPSA) is 51.1 Å². The summed E-state index contributed by atoms with van der Waals surface area (Å²) in [6.07, 6.45) is 2.43. The highest BCUT2D eigenvalue weighted by atomic mass is 16.5. The third-order valence-electron chi connectivity index (χ3n) is 2.22. The summed E-state index contributed by atoms with van der Waals surface area (Å²) in [5.41, 5.74) is 0. The molecule has 2 rings (SSSR count). The van der Waals surface area contributed by atoms with Crippen molar-refractivity contribution >= 4 is 5.95 Å². The van der Waals surface area contributed by atoms with E-state index in [0.717, 1.165) is 44.5 Å². The SMILES string of the molecule is CCc1ncnc(N2CCOCC2)n1. The first-order valence-electron chi connectivity index (χ1n) is 4.90. The lowest BCUT2D eigenvalue weighted by atomic mass is 10.4. The van der Waals surface area contributed by atoms with E-state index in [1.807, 2.05) is 6.92 Å². The molecule has 0 unspecified atom stereocenters. The predicted octanol–water partition coefficient (Wildman–Crippen LogP) is 0.271. The first-order chi connectivity index (χ1) is 6.90. The zero-order chi connectivity index (χ0) is 9.80. The number of morpholine rings is 1. The number of hydrogen-bond donors (Lipinski definition) is 0. The summed E-state index contributed by atoms with van der Waals surface area (Å²) < 4.78 is 5.26. The minimum atomic E-state index is 0.757. The molecule has 0 amide bonds. The maximum Gasteiger partial charge on any atom is 0.228 e. The molecule has 0 bridgehead atoms. The van der Waals surface area contributed by atoms with Gasteiger partial charge in [0.2, 0.25) is 5.95 Å². The first-order valence-corrected chi connectivity index (χ1v) is 4.90. The third-order valence-corrected chi connectivity index (χ3v) is 2.22. The van der Waals surface area contributed by atoms with E-state index in [9.17, 15) is 0 Å². The van der Waals surface area contributed by atoms with Gasteiger partial charge in [0, 0.05) is 19.5 Å². The molecule has 5 nitrogen and oxygen atoms in total. The van der Waals surface area contributed by atoms with Gasteiger partial charge in [0.05, 0.1) is 13.2 Å². The van der Waals surface area contributed by atoms with E-state index in [-0.39, 0.29) is 0 Å². The molecule has 2 heterocycles. The summed E-state index contributed by atoms with van der Waals surface area (Å²) in [5, 5.41) is 0. The lowest BCUT2D eigenvalue weighted by Crippen LogP contribution is -2.37. The van der Waals surface area contributed by atoms with Crippen molar-refractivity contribution in [1.29, 1.82) is 0 Å². The monoisotopic (exact) mass is 194 g/mol. The van der Waals surface area contributed by atoms with Crippen molar-refractivity contribution in [2.75, 3.05) is 31.2 Å². The standard InChI is InChI=1S/C9H14N4O/c1-2-8-10-7-11-9(12-8)13-3-5-14-6-4-13/h7H,2-6H2,1H3. The van der Waals surface area contributed by atoms with Gasteiger partial charge < -0.3 is 9.64 Å². The van der Waals surface area contributed by atoms with Gasteiger partial charge in [-0.3, -0.25) is 0 Å². The van der Waals surface area contributed by atoms with Gasteiger partial charge in [0.25, 0.3) is 0 Å². The highest BCUT2D eigenvalue weighted by Crippen LogP contribution is 2.08. The van der Waals surface area contributed by atoms with Crippen LogP contribution in [0.25, 0.3) is 0 Å². The Balaban J connectivity index is 2.13. The summed E-state index contributed by atoms with van der Waals surface area (Å²) >= 11 is 0. The van der Waals surface area contributed by atoms with Crippen molar-refractivity contribution in [1.82, 2.24) is 15.0 Å². The number of rotatable bonds is 2. The van der Waals surface area contributed by atoms with Crippen LogP contribution in [0.1, 0.15) is 12.7 Å². The van der Waals surface area contributed by atoms with E-state index >= 15 is 0 Å². The Morgan fingerprint density at radius 1 is 1.36 bits per heavy atom. The second kappa shape index (κ2) is 4.32. The molecule has 1 saturated heterocycles. The lowest BCUT2D eigenvalue weighted by molar-refractivity contribution is 0.122. The second-order valence-electron chi connectivity index (χ2n) is 3.15. The largest absolute Gasteiger partial charge is 0.378 e. The maximum atomic E-state index is 5.26. The fraction of sp³-hybridized carbons (Fsp3) is 0.667. The smallest absolute Gasteiger partial charge is 0.228 e. The number of hydrogen-bond acceptors (Lipinski definition) is 5. The van der Waals surface area contributed by atoms with Crippen molar-refractivity contribution in [2.24, 2.45) is 0 Å². The Morgan fingerprint density at radius 3 is 2.86 bits per heavy atom. The highest BCUT2D eigenvalue weighted by molar-refractivity contribution is 5.28. The zero-order valence-corrected chi connectivity index (χ0v) is 8.31. The minimum absolute atomic E-state index is 0.757. The molecule has 0 radical (unpaired) electrons. The molecule has 0 N–H and O–H groups in total. The summed E-state index contributed by atoms with van der Waals surface area (Å²) in [7, 11) is 0. The Labute approximate surface area is 83.1 Å². The van der Waals surface area contributed by atoms with Crippen molar-refractivity contribution in [3.8, 4) is 0 Å². The molecular formula is C9H14N4O. The summed E-state index contributed by atoms with van der Waals surface area (Å²) in [6, 6.07) is 0. The Hall–Kier alpha value is -1.23. The fourth-order valence-electron chi connectivity index (χ4n) is 1.41. The quantitative estimate of drug-likeness (QED) is 0.676. The molecule has 0 atom stereocenters. The van der Waals surface area contributed by atoms with E-state index in [1.54, 1.807) is 6.33 Å². The van der Waals surface area contributed by atoms with Gasteiger partial charge in [-0.1, -0.05) is 6.92 Å². The van der Waals surface area contributed by atoms with Gasteiger partial charge in [-0.25, -0.2) is 9.97 Å². The van der Waals surface area contributed by atoms with E-state index in [2.05, 4.69) is 19.9 Å².